The normalized spacial score (nSPS) is 21.8. The molecule has 144 valence electrons. The highest BCUT2D eigenvalue weighted by atomic mass is 16.2. The summed E-state index contributed by atoms with van der Waals surface area (Å²) in [5, 5.41) is 0. The van der Waals surface area contributed by atoms with Crippen molar-refractivity contribution in [2.75, 3.05) is 13.1 Å². The number of aromatic amines is 1. The number of hydrogen-bond acceptors (Lipinski definition) is 3. The van der Waals surface area contributed by atoms with Crippen molar-refractivity contribution in [3.8, 4) is 0 Å². The number of H-pyrrole nitrogens is 1. The van der Waals surface area contributed by atoms with Crippen molar-refractivity contribution in [1.29, 1.82) is 0 Å². The minimum absolute atomic E-state index is 0.00650. The molecule has 3 heterocycles. The van der Waals surface area contributed by atoms with Crippen LogP contribution in [0.25, 0.3) is 6.08 Å². The van der Waals surface area contributed by atoms with Gasteiger partial charge in [-0.3, -0.25) is 14.6 Å². The quantitative estimate of drug-likeness (QED) is 0.634. The van der Waals surface area contributed by atoms with Crippen LogP contribution in [0.4, 0.5) is 0 Å². The maximum atomic E-state index is 13.0. The summed E-state index contributed by atoms with van der Waals surface area (Å²) in [6.07, 6.45) is 7.47. The average molecular weight is 376 g/mol. The number of rotatable bonds is 4. The summed E-state index contributed by atoms with van der Waals surface area (Å²) in [7, 11) is 0. The topological polar surface area (TPSA) is 91.5 Å². The molecule has 3 N–H and O–H groups in total. The zero-order valence-electron chi connectivity index (χ0n) is 15.9. The zero-order chi connectivity index (χ0) is 19.7. The number of nitrogens with two attached hydrogens (primary N) is 1. The van der Waals surface area contributed by atoms with E-state index in [2.05, 4.69) is 16.1 Å². The molecule has 0 saturated carbocycles. The highest BCUT2D eigenvalue weighted by Crippen LogP contribution is 2.29. The number of carbonyl (C=O) groups excluding carboxylic acids is 2. The van der Waals surface area contributed by atoms with Crippen molar-refractivity contribution < 1.29 is 9.59 Å². The molecule has 2 aliphatic heterocycles. The van der Waals surface area contributed by atoms with Gasteiger partial charge in [-0.15, -0.1) is 0 Å². The number of nitrogens with one attached hydrogen (secondary N) is 1. The van der Waals surface area contributed by atoms with Gasteiger partial charge in [-0.1, -0.05) is 30.4 Å². The molecule has 0 spiro atoms. The zero-order valence-corrected chi connectivity index (χ0v) is 15.9. The average Bonchev–Trinajstić information content (AvgIpc) is 3.10. The Balaban J connectivity index is 1.46. The van der Waals surface area contributed by atoms with Gasteiger partial charge < -0.3 is 15.6 Å². The van der Waals surface area contributed by atoms with E-state index in [9.17, 15) is 9.59 Å². The lowest BCUT2D eigenvalue weighted by Gasteiger charge is -2.37. The van der Waals surface area contributed by atoms with Gasteiger partial charge in [0, 0.05) is 24.2 Å². The maximum absolute atomic E-state index is 13.0. The molecule has 28 heavy (non-hydrogen) atoms. The molecule has 0 radical (unpaired) electrons. The first-order valence-electron chi connectivity index (χ1n) is 9.59. The van der Waals surface area contributed by atoms with E-state index in [1.165, 1.54) is 0 Å². The summed E-state index contributed by atoms with van der Waals surface area (Å²) >= 11 is 0. The molecule has 1 fully saturated rings. The van der Waals surface area contributed by atoms with Gasteiger partial charge in [0.25, 0.3) is 5.91 Å². The fourth-order valence-corrected chi connectivity index (χ4v) is 3.92. The Morgan fingerprint density at radius 1 is 1.32 bits per heavy atom. The van der Waals surface area contributed by atoms with Crippen LogP contribution in [0.15, 0.2) is 47.6 Å². The fraction of sp³-hybridized carbons (Fsp3) is 0.318. The number of carbonyl (C=O) groups is 2. The molecule has 1 amide bonds. The van der Waals surface area contributed by atoms with Gasteiger partial charge in [0.1, 0.15) is 12.4 Å². The van der Waals surface area contributed by atoms with Gasteiger partial charge in [-0.25, -0.2) is 0 Å². The SMILES string of the molecule is Cc1c[nH]c(/C(N)=N/CC(=O)[C@H]2CC[C@H]3C=Cc4ccccc4C(=O)N3C2)c1. The molecule has 1 aromatic heterocycles. The molecule has 1 saturated heterocycles. The minimum Gasteiger partial charge on any atom is -0.382 e. The molecule has 0 bridgehead atoms. The van der Waals surface area contributed by atoms with Crippen molar-refractivity contribution >= 4 is 23.6 Å². The lowest BCUT2D eigenvalue weighted by Crippen LogP contribution is -2.47. The molecule has 2 aromatic rings. The Bertz CT molecular complexity index is 972. The van der Waals surface area contributed by atoms with E-state index in [0.29, 0.717) is 17.9 Å². The van der Waals surface area contributed by atoms with Crippen LogP contribution in [0, 0.1) is 12.8 Å². The van der Waals surface area contributed by atoms with Gasteiger partial charge in [0.05, 0.1) is 11.7 Å². The van der Waals surface area contributed by atoms with Gasteiger partial charge in [-0.2, -0.15) is 0 Å². The summed E-state index contributed by atoms with van der Waals surface area (Å²) in [4.78, 5) is 34.9. The second kappa shape index (κ2) is 7.46. The predicted octanol–water partition coefficient (Wildman–Crippen LogP) is 2.55. The van der Waals surface area contributed by atoms with Gasteiger partial charge in [0.15, 0.2) is 5.78 Å². The summed E-state index contributed by atoms with van der Waals surface area (Å²) in [5.74, 6) is 0.144. The maximum Gasteiger partial charge on any atom is 0.254 e. The van der Waals surface area contributed by atoms with Crippen molar-refractivity contribution in [2.45, 2.75) is 25.8 Å². The molecule has 2 aliphatic rings. The van der Waals surface area contributed by atoms with Crippen molar-refractivity contribution in [3.63, 3.8) is 0 Å². The molecular formula is C22H24N4O2. The molecule has 4 rings (SSSR count). The number of aliphatic imine (C=N–C) groups is 1. The molecule has 0 aliphatic carbocycles. The first kappa shape index (κ1) is 18.2. The highest BCUT2D eigenvalue weighted by molar-refractivity contribution is 6.00. The number of amidine groups is 1. The van der Waals surface area contributed by atoms with E-state index in [0.717, 1.165) is 29.7 Å². The summed E-state index contributed by atoms with van der Waals surface area (Å²) in [6, 6.07) is 9.54. The Labute approximate surface area is 164 Å². The highest BCUT2D eigenvalue weighted by Gasteiger charge is 2.35. The summed E-state index contributed by atoms with van der Waals surface area (Å²) < 4.78 is 0. The molecule has 0 unspecified atom stereocenters. The second-order valence-corrected chi connectivity index (χ2v) is 7.50. The van der Waals surface area contributed by atoms with Crippen LogP contribution in [0.5, 0.6) is 0 Å². The van der Waals surface area contributed by atoms with Crippen LogP contribution in [-0.4, -0.2) is 46.5 Å². The Morgan fingerprint density at radius 2 is 2.14 bits per heavy atom. The Morgan fingerprint density at radius 3 is 2.93 bits per heavy atom. The number of fused-ring (bicyclic) bond motifs is 2. The monoisotopic (exact) mass is 376 g/mol. The number of aryl methyl sites for hydroxylation is 1. The van der Waals surface area contributed by atoms with Crippen LogP contribution in [0.1, 0.15) is 40.0 Å². The van der Waals surface area contributed by atoms with Crippen molar-refractivity contribution in [1.82, 2.24) is 9.88 Å². The third-order valence-corrected chi connectivity index (χ3v) is 5.54. The van der Waals surface area contributed by atoms with E-state index in [1.807, 2.05) is 54.4 Å². The largest absolute Gasteiger partial charge is 0.382 e. The minimum atomic E-state index is -0.208. The summed E-state index contributed by atoms with van der Waals surface area (Å²) in [5.41, 5.74) is 9.39. The lowest BCUT2D eigenvalue weighted by molar-refractivity contribution is -0.123. The number of aromatic nitrogens is 1. The van der Waals surface area contributed by atoms with Crippen LogP contribution >= 0.6 is 0 Å². The van der Waals surface area contributed by atoms with Crippen LogP contribution in [0.2, 0.25) is 0 Å². The van der Waals surface area contributed by atoms with E-state index in [1.54, 1.807) is 0 Å². The van der Waals surface area contributed by atoms with Crippen molar-refractivity contribution in [2.24, 2.45) is 16.6 Å². The number of amides is 1. The number of benzene rings is 1. The third kappa shape index (κ3) is 3.50. The van der Waals surface area contributed by atoms with E-state index < -0.39 is 0 Å². The number of Topliss-reactive ketones (excluding diaryl/α,β-unsaturated/α-hetero) is 1. The van der Waals surface area contributed by atoms with E-state index in [4.69, 9.17) is 5.73 Å². The Kier molecular flexibility index (Phi) is 4.86. The first-order valence-corrected chi connectivity index (χ1v) is 9.59. The van der Waals surface area contributed by atoms with Crippen LogP contribution < -0.4 is 5.73 Å². The number of hydrogen-bond donors (Lipinski definition) is 2. The molecular weight excluding hydrogens is 352 g/mol. The number of nitrogens with zero attached hydrogens (tertiary/aromatic N) is 2. The van der Waals surface area contributed by atoms with E-state index >= 15 is 0 Å². The van der Waals surface area contributed by atoms with E-state index in [-0.39, 0.29) is 30.2 Å². The number of ketones is 1. The lowest BCUT2D eigenvalue weighted by atomic mass is 9.89. The third-order valence-electron chi connectivity index (χ3n) is 5.54. The predicted molar refractivity (Wildman–Crippen MR) is 109 cm³/mol. The molecule has 6 nitrogen and oxygen atoms in total. The fourth-order valence-electron chi connectivity index (χ4n) is 3.92. The smallest absolute Gasteiger partial charge is 0.254 e. The van der Waals surface area contributed by atoms with Crippen LogP contribution in [-0.2, 0) is 4.79 Å². The standard InChI is InChI=1S/C22H24N4O2/c1-14-10-19(24-11-14)21(23)25-12-20(27)16-7-9-17-8-6-15-4-2-3-5-18(15)22(28)26(17)13-16/h2-6,8,10-11,16-17,24H,7,9,12-13H2,1H3,(H2,23,25)/t16-,17+/m0/s1. The first-order chi connectivity index (χ1) is 13.5. The molecule has 1 aromatic carbocycles. The van der Waals surface area contributed by atoms with Crippen molar-refractivity contribution in [3.05, 3.63) is 65.0 Å². The van der Waals surface area contributed by atoms with Gasteiger partial charge in [0.2, 0.25) is 0 Å². The van der Waals surface area contributed by atoms with Crippen LogP contribution in [0.3, 0.4) is 0 Å². The molecule has 2 atom stereocenters. The van der Waals surface area contributed by atoms with Gasteiger partial charge in [-0.05, 0) is 43.0 Å². The number of piperidine rings is 1. The summed E-state index contributed by atoms with van der Waals surface area (Å²) in [6.45, 7) is 2.42. The molecule has 6 heteroatoms. The second-order valence-electron chi connectivity index (χ2n) is 7.50. The Hall–Kier alpha value is -3.15. The van der Waals surface area contributed by atoms with Gasteiger partial charge >= 0.3 is 0 Å².